The maximum Gasteiger partial charge on any atom is 0.252 e. The smallest absolute Gasteiger partial charge is 0.252 e. The van der Waals surface area contributed by atoms with Gasteiger partial charge in [0.2, 0.25) is 11.8 Å². The highest BCUT2D eigenvalue weighted by Gasteiger charge is 2.31. The summed E-state index contributed by atoms with van der Waals surface area (Å²) in [7, 11) is 3.16. The number of ether oxygens (including phenoxy) is 2. The third kappa shape index (κ3) is 13.0. The number of fused-ring (bicyclic) bond motifs is 1. The third-order valence-corrected chi connectivity index (χ3v) is 12.8. The molecule has 12 nitrogen and oxygen atoms in total. The fourth-order valence-corrected chi connectivity index (χ4v) is 8.90. The fourth-order valence-electron chi connectivity index (χ4n) is 8.90. The van der Waals surface area contributed by atoms with Gasteiger partial charge in [-0.05, 0) is 147 Å². The van der Waals surface area contributed by atoms with Gasteiger partial charge in [-0.25, -0.2) is 0 Å². The van der Waals surface area contributed by atoms with Gasteiger partial charge in [0, 0.05) is 30.3 Å². The van der Waals surface area contributed by atoms with E-state index in [2.05, 4.69) is 55.7 Å². The Morgan fingerprint density at radius 1 is 0.554 bits per heavy atom. The monoisotopic (exact) mass is 878 g/mol. The van der Waals surface area contributed by atoms with Crippen molar-refractivity contribution in [1.29, 1.82) is 0 Å². The maximum absolute atomic E-state index is 13.3. The number of hydrogen-bond acceptors (Lipinski definition) is 8. The largest absolute Gasteiger partial charge is 0.497 e. The lowest BCUT2D eigenvalue weighted by molar-refractivity contribution is -0.124. The molecule has 5 N–H and O–H groups in total. The molecule has 4 amide bonds. The van der Waals surface area contributed by atoms with Crippen molar-refractivity contribution in [2.24, 2.45) is 11.8 Å². The molecule has 340 valence electrons. The second-order valence-electron chi connectivity index (χ2n) is 17.1. The predicted molar refractivity (Wildman–Crippen MR) is 253 cm³/mol. The molecule has 0 aromatic heterocycles. The zero-order chi connectivity index (χ0) is 45.4. The van der Waals surface area contributed by atoms with Crippen molar-refractivity contribution in [3.8, 4) is 11.5 Å². The molecule has 65 heavy (non-hydrogen) atoms. The van der Waals surface area contributed by atoms with Gasteiger partial charge in [-0.1, -0.05) is 84.9 Å². The van der Waals surface area contributed by atoms with Crippen LogP contribution >= 0.6 is 0 Å². The lowest BCUT2D eigenvalue weighted by Crippen LogP contribution is -2.46. The molecule has 5 aromatic rings. The molecule has 2 fully saturated rings. The first-order chi connectivity index (χ1) is 31.8. The Bertz CT molecular complexity index is 2270. The third-order valence-electron chi connectivity index (χ3n) is 12.8. The van der Waals surface area contributed by atoms with Crippen LogP contribution < -0.4 is 36.1 Å². The molecule has 2 aliphatic heterocycles. The van der Waals surface area contributed by atoms with Crippen molar-refractivity contribution in [3.63, 3.8) is 0 Å². The highest BCUT2D eigenvalue weighted by atomic mass is 16.5. The quantitative estimate of drug-likeness (QED) is 0.0807. The summed E-state index contributed by atoms with van der Waals surface area (Å²) >= 11 is 0. The van der Waals surface area contributed by atoms with Gasteiger partial charge in [0.15, 0.2) is 0 Å². The van der Waals surface area contributed by atoms with Crippen LogP contribution in [0, 0.1) is 11.8 Å². The molecule has 0 spiro atoms. The van der Waals surface area contributed by atoms with Crippen molar-refractivity contribution in [1.82, 2.24) is 31.5 Å². The minimum Gasteiger partial charge on any atom is -0.497 e. The fraction of sp³-hybridized carbons (Fsp3) is 0.358. The molecule has 8 rings (SSSR count). The van der Waals surface area contributed by atoms with Crippen molar-refractivity contribution in [2.45, 2.75) is 56.7 Å². The number of benzene rings is 5. The van der Waals surface area contributed by atoms with Gasteiger partial charge in [-0.2, -0.15) is 0 Å². The molecule has 3 aliphatic rings. The summed E-state index contributed by atoms with van der Waals surface area (Å²) in [4.78, 5) is 54.5. The molecule has 2 atom stereocenters. The standard InChI is InChI=1S/C31H35N3O3.C22H27N3O3/c1-37-28-13-11-24(12-14-28)30(35)33-29(23-7-3-2-4-8-23)31(36)32-21-22-15-17-34(18-16-22)27-19-25-9-5-6-10-26(25)20-27;1-28-19-9-7-18(8-10-19)21(26)25-20(17-5-3-2-4-6-17)22(27)24-15-16-11-13-23-14-12-16/h2-14,22,27,29H,15-21H2,1H3,(H,32,36)(H,33,35);2-10,16,20,23H,11-15H2,1H3,(H,24,27)(H,25,26)/t29-;20-/m11/s1. The van der Waals surface area contributed by atoms with Crippen LogP contribution in [0.1, 0.15) is 80.7 Å². The van der Waals surface area contributed by atoms with Gasteiger partial charge in [-0.15, -0.1) is 0 Å². The highest BCUT2D eigenvalue weighted by Crippen LogP contribution is 2.29. The van der Waals surface area contributed by atoms with Gasteiger partial charge in [-0.3, -0.25) is 24.1 Å². The summed E-state index contributed by atoms with van der Waals surface area (Å²) in [5.74, 6) is 1.31. The molecule has 0 unspecified atom stereocenters. The Labute approximate surface area is 382 Å². The summed E-state index contributed by atoms with van der Waals surface area (Å²) in [5, 5.41) is 15.3. The molecule has 0 bridgehead atoms. The number of methoxy groups -OCH3 is 2. The van der Waals surface area contributed by atoms with E-state index in [9.17, 15) is 19.2 Å². The molecule has 5 aromatic carbocycles. The predicted octanol–water partition coefficient (Wildman–Crippen LogP) is 6.44. The van der Waals surface area contributed by atoms with E-state index in [-0.39, 0.29) is 23.6 Å². The lowest BCUT2D eigenvalue weighted by atomic mass is 9.95. The number of carbonyl (C=O) groups excluding carboxylic acids is 4. The number of likely N-dealkylation sites (tertiary alicyclic amines) is 1. The molecule has 12 heteroatoms. The van der Waals surface area contributed by atoms with Crippen LogP contribution in [0.15, 0.2) is 133 Å². The molecule has 0 saturated carbocycles. The number of amides is 4. The number of hydrogen-bond donors (Lipinski definition) is 5. The minimum atomic E-state index is -0.757. The van der Waals surface area contributed by atoms with Gasteiger partial charge in [0.05, 0.1) is 14.2 Å². The molecule has 2 heterocycles. The number of rotatable bonds is 15. The summed E-state index contributed by atoms with van der Waals surface area (Å²) in [5.41, 5.74) is 5.46. The van der Waals surface area contributed by atoms with Gasteiger partial charge < -0.3 is 36.1 Å². The first kappa shape index (κ1) is 46.5. The van der Waals surface area contributed by atoms with Crippen LogP contribution in [0.5, 0.6) is 11.5 Å². The number of nitrogens with one attached hydrogen (secondary N) is 5. The average molecular weight is 879 g/mol. The molecule has 0 radical (unpaired) electrons. The van der Waals surface area contributed by atoms with Crippen molar-refractivity contribution in [3.05, 3.63) is 167 Å². The number of piperidine rings is 2. The van der Waals surface area contributed by atoms with E-state index in [0.717, 1.165) is 75.8 Å². The van der Waals surface area contributed by atoms with E-state index in [4.69, 9.17) is 9.47 Å². The van der Waals surface area contributed by atoms with Gasteiger partial charge in [0.25, 0.3) is 11.8 Å². The van der Waals surface area contributed by atoms with Crippen LogP contribution in [0.4, 0.5) is 0 Å². The molecular formula is C53H62N6O6. The van der Waals surface area contributed by atoms with E-state index in [1.54, 1.807) is 62.8 Å². The minimum absolute atomic E-state index is 0.179. The van der Waals surface area contributed by atoms with E-state index in [1.165, 1.54) is 11.1 Å². The van der Waals surface area contributed by atoms with Crippen molar-refractivity contribution >= 4 is 23.6 Å². The van der Waals surface area contributed by atoms with Crippen molar-refractivity contribution in [2.75, 3.05) is 53.5 Å². The second-order valence-corrected chi connectivity index (χ2v) is 17.1. The molecule has 1 aliphatic carbocycles. The van der Waals surface area contributed by atoms with Crippen LogP contribution in [0.2, 0.25) is 0 Å². The lowest BCUT2D eigenvalue weighted by Gasteiger charge is -2.36. The second kappa shape index (κ2) is 23.4. The maximum atomic E-state index is 13.3. The van der Waals surface area contributed by atoms with E-state index < -0.39 is 12.1 Å². The number of nitrogens with zero attached hydrogens (tertiary/aromatic N) is 1. The Morgan fingerprint density at radius 3 is 1.37 bits per heavy atom. The number of carbonyl (C=O) groups is 4. The first-order valence-electron chi connectivity index (χ1n) is 22.8. The summed E-state index contributed by atoms with van der Waals surface area (Å²) < 4.78 is 10.3. The first-order valence-corrected chi connectivity index (χ1v) is 22.8. The average Bonchev–Trinajstić information content (AvgIpc) is 3.81. The highest BCUT2D eigenvalue weighted by molar-refractivity contribution is 5.98. The molecular weight excluding hydrogens is 817 g/mol. The Balaban J connectivity index is 0.000000202. The van der Waals surface area contributed by atoms with E-state index in [0.29, 0.717) is 53.6 Å². The Hall–Kier alpha value is -6.50. The van der Waals surface area contributed by atoms with Crippen LogP contribution in [-0.4, -0.2) is 88.1 Å². The molecule has 2 saturated heterocycles. The van der Waals surface area contributed by atoms with Crippen molar-refractivity contribution < 1.29 is 28.7 Å². The van der Waals surface area contributed by atoms with Gasteiger partial charge in [0.1, 0.15) is 23.6 Å². The topological polar surface area (TPSA) is 150 Å². The van der Waals surface area contributed by atoms with E-state index in [1.807, 2.05) is 60.7 Å². The SMILES string of the molecule is COc1ccc(C(=O)N[C@@H](C(=O)NCC2CCN(C3Cc4ccccc4C3)CC2)c2ccccc2)cc1.COc1ccc(C(=O)N[C@@H](C(=O)NCC2CCNCC2)c2ccccc2)cc1. The normalized spacial score (nSPS) is 16.4. The van der Waals surface area contributed by atoms with Gasteiger partial charge >= 0.3 is 0 Å². The summed E-state index contributed by atoms with van der Waals surface area (Å²) in [6, 6.07) is 40.3. The van der Waals surface area contributed by atoms with Crippen LogP contribution in [-0.2, 0) is 22.4 Å². The zero-order valence-electron chi connectivity index (χ0n) is 37.5. The Kier molecular flexibility index (Phi) is 16.8. The summed E-state index contributed by atoms with van der Waals surface area (Å²) in [6.45, 7) is 5.35. The zero-order valence-corrected chi connectivity index (χ0v) is 37.5. The van der Waals surface area contributed by atoms with Crippen LogP contribution in [0.3, 0.4) is 0 Å². The van der Waals surface area contributed by atoms with E-state index >= 15 is 0 Å². The van der Waals surface area contributed by atoms with Crippen LogP contribution in [0.25, 0.3) is 0 Å². The Morgan fingerprint density at radius 2 is 0.954 bits per heavy atom. The summed E-state index contributed by atoms with van der Waals surface area (Å²) in [6.07, 6.45) is 6.53.